The Hall–Kier alpha value is -4.10. The van der Waals surface area contributed by atoms with Gasteiger partial charge in [0.15, 0.2) is 0 Å². The predicted molar refractivity (Wildman–Crippen MR) is 162 cm³/mol. The summed E-state index contributed by atoms with van der Waals surface area (Å²) in [6, 6.07) is 15.4. The van der Waals surface area contributed by atoms with Crippen molar-refractivity contribution in [1.82, 2.24) is 19.8 Å². The van der Waals surface area contributed by atoms with E-state index in [9.17, 15) is 15.2 Å². The molecule has 10 nitrogen and oxygen atoms in total. The molecule has 3 aliphatic heterocycles. The molecule has 1 aromatic heterocycles. The minimum atomic E-state index is -0.984. The highest BCUT2D eigenvalue weighted by atomic mass is 16.5. The van der Waals surface area contributed by atoms with Crippen LogP contribution in [0.5, 0.6) is 6.01 Å². The maximum Gasteiger partial charge on any atom is 0.407 e. The number of fused-ring (bicyclic) bond motifs is 2. The van der Waals surface area contributed by atoms with Gasteiger partial charge in [0, 0.05) is 48.9 Å². The first-order valence-electron chi connectivity index (χ1n) is 15.0. The summed E-state index contributed by atoms with van der Waals surface area (Å²) in [5.41, 5.74) is 4.51. The van der Waals surface area contributed by atoms with Gasteiger partial charge in [-0.05, 0) is 63.2 Å². The molecule has 2 aromatic carbocycles. The van der Waals surface area contributed by atoms with Crippen molar-refractivity contribution in [3.8, 4) is 12.1 Å². The minimum Gasteiger partial charge on any atom is -0.465 e. The molecule has 220 valence electrons. The molecule has 2 fully saturated rings. The van der Waals surface area contributed by atoms with Crippen LogP contribution in [0.3, 0.4) is 0 Å². The number of rotatable bonds is 6. The fourth-order valence-corrected chi connectivity index (χ4v) is 6.83. The van der Waals surface area contributed by atoms with E-state index in [-0.39, 0.29) is 6.42 Å². The molecular formula is C32H39N7O3. The first kappa shape index (κ1) is 28.0. The molecule has 2 atom stereocenters. The number of aryl methyl sites for hydroxylation is 1. The molecule has 0 aliphatic carbocycles. The molecule has 1 amide bonds. The van der Waals surface area contributed by atoms with Crippen molar-refractivity contribution in [2.45, 2.75) is 57.7 Å². The lowest BCUT2D eigenvalue weighted by Crippen LogP contribution is -2.55. The third-order valence-electron chi connectivity index (χ3n) is 9.11. The first-order chi connectivity index (χ1) is 20.4. The van der Waals surface area contributed by atoms with Crippen molar-refractivity contribution < 1.29 is 14.6 Å². The molecule has 6 rings (SSSR count). The zero-order chi connectivity index (χ0) is 29.2. The van der Waals surface area contributed by atoms with Crippen LogP contribution in [0.2, 0.25) is 0 Å². The summed E-state index contributed by atoms with van der Waals surface area (Å²) in [5.74, 6) is 0.818. The number of likely N-dealkylation sites (N-methyl/N-ethyl adjacent to an activating group) is 1. The zero-order valence-corrected chi connectivity index (χ0v) is 24.5. The molecule has 3 aliphatic rings. The molecular weight excluding hydrogens is 530 g/mol. The SMILES string of the molecule is Cc1cccc2cccc(N3CCCc4c(nc(OC[C@@H]5CCCN5C)nc4N4CCN(C(=O)O)[C@@H](CC#N)C4)C3)c12. The van der Waals surface area contributed by atoms with Crippen LogP contribution >= 0.6 is 0 Å². The van der Waals surface area contributed by atoms with Crippen LogP contribution in [-0.2, 0) is 13.0 Å². The number of carbonyl (C=O) groups is 1. The van der Waals surface area contributed by atoms with Crippen molar-refractivity contribution in [1.29, 1.82) is 5.26 Å². The molecule has 0 bridgehead atoms. The van der Waals surface area contributed by atoms with Gasteiger partial charge in [-0.1, -0.05) is 30.3 Å². The third kappa shape index (κ3) is 5.53. The van der Waals surface area contributed by atoms with Crippen LogP contribution in [-0.4, -0.2) is 89.4 Å². The zero-order valence-electron chi connectivity index (χ0n) is 24.5. The fraction of sp³-hybridized carbons (Fsp3) is 0.500. The second-order valence-corrected chi connectivity index (χ2v) is 11.8. The van der Waals surface area contributed by atoms with Crippen molar-refractivity contribution >= 4 is 28.4 Å². The van der Waals surface area contributed by atoms with Gasteiger partial charge in [-0.3, -0.25) is 0 Å². The van der Waals surface area contributed by atoms with E-state index in [1.165, 1.54) is 26.9 Å². The average molecular weight is 570 g/mol. The van der Waals surface area contributed by atoms with Gasteiger partial charge in [0.05, 0.1) is 30.8 Å². The number of hydrogen-bond donors (Lipinski definition) is 1. The highest BCUT2D eigenvalue weighted by Crippen LogP contribution is 2.35. The number of ether oxygens (including phenoxy) is 1. The highest BCUT2D eigenvalue weighted by Gasteiger charge is 2.34. The van der Waals surface area contributed by atoms with Gasteiger partial charge >= 0.3 is 12.1 Å². The molecule has 0 saturated carbocycles. The van der Waals surface area contributed by atoms with Crippen molar-refractivity contribution in [3.05, 3.63) is 53.2 Å². The number of anilines is 2. The van der Waals surface area contributed by atoms with Crippen molar-refractivity contribution in [3.63, 3.8) is 0 Å². The van der Waals surface area contributed by atoms with E-state index in [1.54, 1.807) is 0 Å². The van der Waals surface area contributed by atoms with Crippen molar-refractivity contribution in [2.24, 2.45) is 0 Å². The van der Waals surface area contributed by atoms with Crippen LogP contribution in [0.15, 0.2) is 36.4 Å². The van der Waals surface area contributed by atoms with Gasteiger partial charge in [-0.2, -0.15) is 15.2 Å². The highest BCUT2D eigenvalue weighted by molar-refractivity contribution is 5.96. The van der Waals surface area contributed by atoms with E-state index >= 15 is 0 Å². The molecule has 0 radical (unpaired) electrons. The molecule has 2 saturated heterocycles. The Morgan fingerprint density at radius 2 is 1.90 bits per heavy atom. The summed E-state index contributed by atoms with van der Waals surface area (Å²) in [6.07, 6.45) is 3.17. The van der Waals surface area contributed by atoms with Crippen LogP contribution in [0.25, 0.3) is 10.8 Å². The fourth-order valence-electron chi connectivity index (χ4n) is 6.83. The summed E-state index contributed by atoms with van der Waals surface area (Å²) in [6.45, 7) is 6.53. The number of piperazine rings is 1. The molecule has 0 spiro atoms. The van der Waals surface area contributed by atoms with Gasteiger partial charge in [0.25, 0.3) is 0 Å². The summed E-state index contributed by atoms with van der Waals surface area (Å²) >= 11 is 0. The topological polar surface area (TPSA) is 109 Å². The Kier molecular flexibility index (Phi) is 8.02. The lowest BCUT2D eigenvalue weighted by atomic mass is 10.0. The van der Waals surface area contributed by atoms with Crippen LogP contribution < -0.4 is 14.5 Å². The summed E-state index contributed by atoms with van der Waals surface area (Å²) in [4.78, 5) is 30.2. The predicted octanol–water partition coefficient (Wildman–Crippen LogP) is 4.45. The van der Waals surface area contributed by atoms with Crippen LogP contribution in [0, 0.1) is 18.3 Å². The molecule has 1 N–H and O–H groups in total. The average Bonchev–Trinajstić information content (AvgIpc) is 3.27. The second kappa shape index (κ2) is 12.0. The summed E-state index contributed by atoms with van der Waals surface area (Å²) in [7, 11) is 2.13. The number of nitriles is 1. The van der Waals surface area contributed by atoms with Gasteiger partial charge in [-0.25, -0.2) is 4.79 Å². The van der Waals surface area contributed by atoms with Gasteiger partial charge in [0.2, 0.25) is 0 Å². The minimum absolute atomic E-state index is 0.141. The van der Waals surface area contributed by atoms with E-state index < -0.39 is 12.1 Å². The van der Waals surface area contributed by atoms with E-state index in [1.807, 2.05) is 0 Å². The van der Waals surface area contributed by atoms with E-state index in [4.69, 9.17) is 14.7 Å². The smallest absolute Gasteiger partial charge is 0.407 e. The maximum absolute atomic E-state index is 11.9. The molecule has 3 aromatic rings. The Bertz CT molecular complexity index is 1500. The van der Waals surface area contributed by atoms with Crippen LogP contribution in [0.1, 0.15) is 42.5 Å². The number of benzene rings is 2. The van der Waals surface area contributed by atoms with E-state index in [0.29, 0.717) is 44.8 Å². The largest absolute Gasteiger partial charge is 0.465 e. The Morgan fingerprint density at radius 1 is 1.07 bits per heavy atom. The quantitative estimate of drug-likeness (QED) is 0.461. The van der Waals surface area contributed by atoms with Crippen molar-refractivity contribution in [2.75, 3.05) is 56.2 Å². The first-order valence-corrected chi connectivity index (χ1v) is 15.0. The lowest BCUT2D eigenvalue weighted by molar-refractivity contribution is 0.119. The Balaban J connectivity index is 1.37. The second-order valence-electron chi connectivity index (χ2n) is 11.8. The number of likely N-dealkylation sites (tertiary alicyclic amines) is 1. The van der Waals surface area contributed by atoms with Gasteiger partial charge < -0.3 is 29.4 Å². The maximum atomic E-state index is 11.9. The third-order valence-corrected chi connectivity index (χ3v) is 9.11. The molecule has 4 heterocycles. The molecule has 42 heavy (non-hydrogen) atoms. The number of hydrogen-bond acceptors (Lipinski definition) is 8. The summed E-state index contributed by atoms with van der Waals surface area (Å²) < 4.78 is 6.30. The summed E-state index contributed by atoms with van der Waals surface area (Å²) in [5, 5.41) is 21.7. The molecule has 0 unspecified atom stereocenters. The Labute approximate surface area is 247 Å². The number of amides is 1. The number of carboxylic acid groups (broad SMARTS) is 1. The van der Waals surface area contributed by atoms with E-state index in [2.05, 4.69) is 71.1 Å². The normalized spacial score (nSPS) is 21.2. The monoisotopic (exact) mass is 569 g/mol. The van der Waals surface area contributed by atoms with Gasteiger partial charge in [-0.15, -0.1) is 0 Å². The Morgan fingerprint density at radius 3 is 2.67 bits per heavy atom. The standard InChI is InChI=1S/C32H39N7O3/c1-22-7-3-8-23-9-4-12-28(29(22)23)37-16-6-11-26-27(20-37)34-31(42-21-25-10-5-15-36(25)2)35-30(26)38-17-18-39(32(40)41)24(19-38)13-14-33/h3-4,7-9,12,24-25H,5-6,10-11,13,15-21H2,1-2H3,(H,40,41)/t24-,25-/m0/s1. The number of aromatic nitrogens is 2. The molecule has 10 heteroatoms. The lowest BCUT2D eigenvalue weighted by Gasteiger charge is -2.40. The van der Waals surface area contributed by atoms with E-state index in [0.717, 1.165) is 55.8 Å². The van der Waals surface area contributed by atoms with Crippen LogP contribution in [0.4, 0.5) is 16.3 Å². The van der Waals surface area contributed by atoms with Gasteiger partial charge in [0.1, 0.15) is 12.4 Å². The number of nitrogens with zero attached hydrogens (tertiary/aromatic N) is 7.